The van der Waals surface area contributed by atoms with Crippen LogP contribution in [0.2, 0.25) is 0 Å². The zero-order valence-corrected chi connectivity index (χ0v) is 22.2. The SMILES string of the molecule is NC(CO)(CO)CO.O=C(O)CCc1ccc2c(c1)c(CCc1ccccc1)cn2-c1ccc(OC(F)(F)F)cc1. The Hall–Kier alpha value is -3.90. The van der Waals surface area contributed by atoms with Crippen molar-refractivity contribution < 1.29 is 43.1 Å². The van der Waals surface area contributed by atoms with Gasteiger partial charge in [0.15, 0.2) is 0 Å². The van der Waals surface area contributed by atoms with Gasteiger partial charge in [-0.1, -0.05) is 36.4 Å². The number of fused-ring (bicyclic) bond motifs is 1. The Bertz CT molecular complexity index is 1390. The molecule has 4 aromatic rings. The number of hydrogen-bond acceptors (Lipinski definition) is 6. The second-order valence-corrected chi connectivity index (χ2v) is 9.63. The summed E-state index contributed by atoms with van der Waals surface area (Å²) >= 11 is 0. The summed E-state index contributed by atoms with van der Waals surface area (Å²) in [5.41, 5.74) is 8.76. The van der Waals surface area contributed by atoms with Crippen LogP contribution in [0.5, 0.6) is 5.75 Å². The number of carboxylic acids is 1. The van der Waals surface area contributed by atoms with E-state index in [-0.39, 0.29) is 12.2 Å². The molecule has 0 bridgehead atoms. The first-order valence-electron chi connectivity index (χ1n) is 12.8. The lowest BCUT2D eigenvalue weighted by Gasteiger charge is -2.20. The third-order valence-electron chi connectivity index (χ3n) is 6.40. The molecule has 0 saturated heterocycles. The molecule has 0 aliphatic heterocycles. The molecular weight excluding hydrogens is 541 g/mol. The lowest BCUT2D eigenvalue weighted by atomic mass is 10.0. The van der Waals surface area contributed by atoms with Gasteiger partial charge in [-0.05, 0) is 72.4 Å². The third kappa shape index (κ3) is 9.32. The van der Waals surface area contributed by atoms with Gasteiger partial charge in [0.1, 0.15) is 5.75 Å². The predicted molar refractivity (Wildman–Crippen MR) is 148 cm³/mol. The number of aromatic nitrogens is 1. The number of hydrogen-bond donors (Lipinski definition) is 5. The summed E-state index contributed by atoms with van der Waals surface area (Å²) in [4.78, 5) is 11.0. The minimum absolute atomic E-state index is 0.0478. The van der Waals surface area contributed by atoms with Crippen molar-refractivity contribution >= 4 is 16.9 Å². The highest BCUT2D eigenvalue weighted by Crippen LogP contribution is 2.30. The van der Waals surface area contributed by atoms with Crippen molar-refractivity contribution in [1.29, 1.82) is 0 Å². The molecule has 0 radical (unpaired) electrons. The summed E-state index contributed by atoms with van der Waals surface area (Å²) in [7, 11) is 0. The Balaban J connectivity index is 0.000000507. The monoisotopic (exact) mass is 574 g/mol. The van der Waals surface area contributed by atoms with Gasteiger partial charge in [-0.2, -0.15) is 0 Å². The van der Waals surface area contributed by atoms with Gasteiger partial charge in [0.25, 0.3) is 0 Å². The molecule has 4 rings (SSSR count). The number of aryl methyl sites for hydroxylation is 3. The van der Waals surface area contributed by atoms with Crippen molar-refractivity contribution in [3.05, 3.63) is 95.7 Å². The molecule has 41 heavy (non-hydrogen) atoms. The van der Waals surface area contributed by atoms with E-state index in [1.807, 2.05) is 47.2 Å². The van der Waals surface area contributed by atoms with Crippen LogP contribution in [0.15, 0.2) is 79.0 Å². The molecule has 6 N–H and O–H groups in total. The Morgan fingerprint density at radius 1 is 0.829 bits per heavy atom. The summed E-state index contributed by atoms with van der Waals surface area (Å²) in [6.07, 6.45) is -0.667. The highest BCUT2D eigenvalue weighted by Gasteiger charge is 2.31. The topological polar surface area (TPSA) is 138 Å². The smallest absolute Gasteiger partial charge is 0.481 e. The lowest BCUT2D eigenvalue weighted by molar-refractivity contribution is -0.274. The Labute approximate surface area is 235 Å². The summed E-state index contributed by atoms with van der Waals surface area (Å²) in [6, 6.07) is 21.7. The van der Waals surface area contributed by atoms with E-state index < -0.39 is 37.7 Å². The number of nitrogens with two attached hydrogens (primary N) is 1. The number of aliphatic hydroxyl groups is 3. The molecule has 0 fully saturated rings. The van der Waals surface area contributed by atoms with Gasteiger partial charge < -0.3 is 35.5 Å². The summed E-state index contributed by atoms with van der Waals surface area (Å²) in [6.45, 7) is -1.21. The maximum Gasteiger partial charge on any atom is 0.573 e. The molecule has 1 heterocycles. The standard InChI is InChI=1S/C26H22F3NO3.C4H11NO3/c27-26(28,29)33-22-12-10-21(11-13-22)30-17-20(9-6-18-4-2-1-3-5-18)23-16-19(7-14-24(23)30)8-15-25(31)32;5-4(1-6,2-7)3-8/h1-5,7,10-14,16-17H,6,8-9,15H2,(H,31,32);6-8H,1-3,5H2. The van der Waals surface area contributed by atoms with Gasteiger partial charge in [-0.25, -0.2) is 0 Å². The maximum atomic E-state index is 12.5. The van der Waals surface area contributed by atoms with Crippen LogP contribution in [-0.4, -0.2) is 62.7 Å². The number of rotatable bonds is 11. The van der Waals surface area contributed by atoms with Gasteiger partial charge in [0, 0.05) is 23.7 Å². The fourth-order valence-corrected chi connectivity index (χ4v) is 4.05. The Morgan fingerprint density at radius 2 is 1.46 bits per heavy atom. The van der Waals surface area contributed by atoms with Crippen molar-refractivity contribution in [1.82, 2.24) is 4.57 Å². The molecule has 1 aromatic heterocycles. The number of ether oxygens (including phenoxy) is 1. The van der Waals surface area contributed by atoms with Crippen LogP contribution in [-0.2, 0) is 24.1 Å². The molecule has 11 heteroatoms. The first-order chi connectivity index (χ1) is 19.5. The minimum Gasteiger partial charge on any atom is -0.481 e. The van der Waals surface area contributed by atoms with Crippen molar-refractivity contribution in [3.63, 3.8) is 0 Å². The number of aliphatic carboxylic acids is 1. The van der Waals surface area contributed by atoms with Crippen LogP contribution in [0.1, 0.15) is 23.1 Å². The molecular formula is C30H33F3N2O6. The van der Waals surface area contributed by atoms with Gasteiger partial charge >= 0.3 is 12.3 Å². The first kappa shape index (κ1) is 31.6. The minimum atomic E-state index is -4.74. The second-order valence-electron chi connectivity index (χ2n) is 9.63. The van der Waals surface area contributed by atoms with E-state index in [2.05, 4.69) is 16.9 Å². The maximum absolute atomic E-state index is 12.5. The van der Waals surface area contributed by atoms with Gasteiger partial charge in [0.05, 0.1) is 30.9 Å². The van der Waals surface area contributed by atoms with Crippen LogP contribution < -0.4 is 10.5 Å². The van der Waals surface area contributed by atoms with E-state index in [1.165, 1.54) is 17.7 Å². The quantitative estimate of drug-likeness (QED) is 0.183. The van der Waals surface area contributed by atoms with E-state index >= 15 is 0 Å². The van der Waals surface area contributed by atoms with E-state index in [1.54, 1.807) is 12.1 Å². The highest BCUT2D eigenvalue weighted by atomic mass is 19.4. The van der Waals surface area contributed by atoms with Crippen LogP contribution in [0.3, 0.4) is 0 Å². The second kappa shape index (κ2) is 14.1. The summed E-state index contributed by atoms with van der Waals surface area (Å²) < 4.78 is 43.4. The van der Waals surface area contributed by atoms with Gasteiger partial charge in [-0.3, -0.25) is 4.79 Å². The normalized spacial score (nSPS) is 11.7. The number of aliphatic hydroxyl groups excluding tert-OH is 3. The van der Waals surface area contributed by atoms with E-state index in [0.29, 0.717) is 12.1 Å². The molecule has 0 amide bonds. The van der Waals surface area contributed by atoms with Crippen molar-refractivity contribution in [2.75, 3.05) is 19.8 Å². The van der Waals surface area contributed by atoms with E-state index in [4.69, 9.17) is 26.2 Å². The van der Waals surface area contributed by atoms with Crippen LogP contribution in [0.4, 0.5) is 13.2 Å². The summed E-state index contributed by atoms with van der Waals surface area (Å²) in [5, 5.41) is 35.0. The summed E-state index contributed by atoms with van der Waals surface area (Å²) in [5.74, 6) is -1.12. The lowest BCUT2D eigenvalue weighted by Crippen LogP contribution is -2.50. The molecule has 0 aliphatic rings. The molecule has 0 spiro atoms. The number of carboxylic acid groups (broad SMARTS) is 1. The van der Waals surface area contributed by atoms with Gasteiger partial charge in [-0.15, -0.1) is 13.2 Å². The molecule has 0 saturated carbocycles. The van der Waals surface area contributed by atoms with Crippen molar-refractivity contribution in [2.24, 2.45) is 5.73 Å². The molecule has 8 nitrogen and oxygen atoms in total. The number of alkyl halides is 3. The van der Waals surface area contributed by atoms with Crippen LogP contribution in [0, 0.1) is 0 Å². The average molecular weight is 575 g/mol. The Kier molecular flexibility index (Phi) is 10.9. The van der Waals surface area contributed by atoms with E-state index in [9.17, 15) is 18.0 Å². The zero-order valence-electron chi connectivity index (χ0n) is 22.2. The van der Waals surface area contributed by atoms with E-state index in [0.717, 1.165) is 34.9 Å². The number of benzene rings is 3. The number of carbonyl (C=O) groups is 1. The van der Waals surface area contributed by atoms with Crippen LogP contribution >= 0.6 is 0 Å². The highest BCUT2D eigenvalue weighted by molar-refractivity contribution is 5.86. The van der Waals surface area contributed by atoms with Crippen molar-refractivity contribution in [3.8, 4) is 11.4 Å². The molecule has 0 atom stereocenters. The molecule has 0 unspecified atom stereocenters. The third-order valence-corrected chi connectivity index (χ3v) is 6.40. The molecule has 0 aliphatic carbocycles. The first-order valence-corrected chi connectivity index (χ1v) is 12.8. The Morgan fingerprint density at radius 3 is 2.00 bits per heavy atom. The number of nitrogens with zero attached hydrogens (tertiary/aromatic N) is 1. The predicted octanol–water partition coefficient (Wildman–Crippen LogP) is 3.99. The van der Waals surface area contributed by atoms with Crippen LogP contribution in [0.25, 0.3) is 16.6 Å². The molecule has 3 aromatic carbocycles. The molecule has 220 valence electrons. The fourth-order valence-electron chi connectivity index (χ4n) is 4.05. The zero-order chi connectivity index (χ0) is 30.0. The number of halogens is 3. The van der Waals surface area contributed by atoms with Crippen molar-refractivity contribution in [2.45, 2.75) is 37.6 Å². The average Bonchev–Trinajstić information content (AvgIpc) is 3.33. The largest absolute Gasteiger partial charge is 0.573 e. The fraction of sp³-hybridized carbons (Fsp3) is 0.300. The van der Waals surface area contributed by atoms with Gasteiger partial charge in [0.2, 0.25) is 0 Å².